The van der Waals surface area contributed by atoms with Crippen LogP contribution in [0.1, 0.15) is 19.8 Å². The number of methoxy groups -OCH3 is 1. The maximum absolute atomic E-state index is 5.80. The number of benzene rings is 1. The fourth-order valence-electron chi connectivity index (χ4n) is 3.22. The van der Waals surface area contributed by atoms with Crippen LogP contribution in [0, 0.1) is 5.92 Å². The predicted molar refractivity (Wildman–Crippen MR) is 112 cm³/mol. The molecule has 0 atom stereocenters. The number of hydrogen-bond acceptors (Lipinski definition) is 4. The summed E-state index contributed by atoms with van der Waals surface area (Å²) in [5.41, 5.74) is 0. The molecule has 0 aromatic heterocycles. The molecule has 0 bridgehead atoms. The number of hydrogen-bond donors (Lipinski definition) is 1. The molecule has 1 fully saturated rings. The van der Waals surface area contributed by atoms with Crippen molar-refractivity contribution >= 4 is 5.96 Å². The number of piperidine rings is 1. The van der Waals surface area contributed by atoms with Crippen LogP contribution in [0.3, 0.4) is 0 Å². The highest BCUT2D eigenvalue weighted by Gasteiger charge is 2.19. The van der Waals surface area contributed by atoms with Crippen LogP contribution in [0.4, 0.5) is 0 Å². The molecule has 1 heterocycles. The van der Waals surface area contributed by atoms with Gasteiger partial charge in [0.25, 0.3) is 0 Å². The Kier molecular flexibility index (Phi) is 10.0. The molecule has 6 heteroatoms. The Labute approximate surface area is 164 Å². The maximum Gasteiger partial charge on any atom is 0.193 e. The highest BCUT2D eigenvalue weighted by Crippen LogP contribution is 2.17. The normalized spacial score (nSPS) is 16.3. The Bertz CT molecular complexity index is 530. The highest BCUT2D eigenvalue weighted by atomic mass is 16.5. The van der Waals surface area contributed by atoms with Gasteiger partial charge in [0.05, 0.1) is 13.2 Å². The predicted octanol–water partition coefficient (Wildman–Crippen LogP) is 2.32. The number of ether oxygens (including phenoxy) is 2. The van der Waals surface area contributed by atoms with Crippen LogP contribution in [0.2, 0.25) is 0 Å². The molecule has 0 spiro atoms. The van der Waals surface area contributed by atoms with Gasteiger partial charge in [-0.3, -0.25) is 4.99 Å². The molecular formula is C21H36N4O2. The zero-order chi connectivity index (χ0) is 19.3. The van der Waals surface area contributed by atoms with Crippen molar-refractivity contribution in [2.24, 2.45) is 10.9 Å². The number of nitrogens with zero attached hydrogens (tertiary/aromatic N) is 3. The van der Waals surface area contributed by atoms with Crippen molar-refractivity contribution < 1.29 is 9.47 Å². The summed E-state index contributed by atoms with van der Waals surface area (Å²) in [6.45, 7) is 9.49. The van der Waals surface area contributed by atoms with E-state index in [2.05, 4.69) is 29.1 Å². The number of likely N-dealkylation sites (N-methyl/N-ethyl adjacent to an activating group) is 1. The minimum atomic E-state index is 0.642. The summed E-state index contributed by atoms with van der Waals surface area (Å²) in [4.78, 5) is 9.52. The molecule has 6 nitrogen and oxygen atoms in total. The van der Waals surface area contributed by atoms with Gasteiger partial charge in [0.1, 0.15) is 12.4 Å². The quantitative estimate of drug-likeness (QED) is 0.502. The molecule has 1 N–H and O–H groups in total. The van der Waals surface area contributed by atoms with E-state index < -0.39 is 0 Å². The third-order valence-corrected chi connectivity index (χ3v) is 4.95. The second-order valence-electron chi connectivity index (χ2n) is 7.06. The maximum atomic E-state index is 5.80. The molecule has 0 unspecified atom stereocenters. The van der Waals surface area contributed by atoms with Crippen LogP contribution >= 0.6 is 0 Å². The molecule has 0 amide bonds. The van der Waals surface area contributed by atoms with Crippen LogP contribution < -0.4 is 10.1 Å². The second kappa shape index (κ2) is 12.6. The SMILES string of the molecule is CCNC(=NCC1CCN(CCOC)CC1)N(C)CCOc1ccccc1. The molecule has 152 valence electrons. The van der Waals surface area contributed by atoms with Crippen LogP contribution in [-0.4, -0.2) is 82.4 Å². The van der Waals surface area contributed by atoms with Crippen molar-refractivity contribution in [3.8, 4) is 5.75 Å². The lowest BCUT2D eigenvalue weighted by Crippen LogP contribution is -2.41. The van der Waals surface area contributed by atoms with Crippen molar-refractivity contribution in [2.75, 3.05) is 66.6 Å². The number of para-hydroxylation sites is 1. The molecule has 0 saturated carbocycles. The first-order valence-electron chi connectivity index (χ1n) is 10.1. The van der Waals surface area contributed by atoms with E-state index in [1.54, 1.807) is 7.11 Å². The third kappa shape index (κ3) is 8.18. The zero-order valence-electron chi connectivity index (χ0n) is 17.2. The van der Waals surface area contributed by atoms with E-state index in [1.807, 2.05) is 30.3 Å². The van der Waals surface area contributed by atoms with Gasteiger partial charge in [0.15, 0.2) is 5.96 Å². The Hall–Kier alpha value is -1.79. The Morgan fingerprint density at radius 2 is 1.96 bits per heavy atom. The molecule has 1 aromatic carbocycles. The van der Waals surface area contributed by atoms with Gasteiger partial charge in [-0.2, -0.15) is 0 Å². The summed E-state index contributed by atoms with van der Waals surface area (Å²) in [5.74, 6) is 2.55. The Morgan fingerprint density at radius 1 is 1.22 bits per heavy atom. The molecule has 1 aromatic rings. The van der Waals surface area contributed by atoms with E-state index in [0.29, 0.717) is 12.5 Å². The third-order valence-electron chi connectivity index (χ3n) is 4.95. The summed E-state index contributed by atoms with van der Waals surface area (Å²) in [6.07, 6.45) is 2.43. The lowest BCUT2D eigenvalue weighted by atomic mass is 9.97. The summed E-state index contributed by atoms with van der Waals surface area (Å²) < 4.78 is 11.0. The van der Waals surface area contributed by atoms with Gasteiger partial charge in [-0.05, 0) is 50.9 Å². The van der Waals surface area contributed by atoms with Gasteiger partial charge in [-0.1, -0.05) is 18.2 Å². The molecule has 1 saturated heterocycles. The minimum Gasteiger partial charge on any atom is -0.492 e. The van der Waals surface area contributed by atoms with E-state index in [9.17, 15) is 0 Å². The zero-order valence-corrected chi connectivity index (χ0v) is 17.2. The van der Waals surface area contributed by atoms with E-state index in [-0.39, 0.29) is 0 Å². The number of aliphatic imine (C=N–C) groups is 1. The van der Waals surface area contributed by atoms with E-state index in [1.165, 1.54) is 12.8 Å². The number of likely N-dealkylation sites (tertiary alicyclic amines) is 1. The van der Waals surface area contributed by atoms with Gasteiger partial charge < -0.3 is 24.6 Å². The summed E-state index contributed by atoms with van der Waals surface area (Å²) in [6, 6.07) is 9.95. The number of guanidine groups is 1. The van der Waals surface area contributed by atoms with Crippen LogP contribution in [0.15, 0.2) is 35.3 Å². The van der Waals surface area contributed by atoms with Crippen molar-refractivity contribution in [1.82, 2.24) is 15.1 Å². The van der Waals surface area contributed by atoms with Crippen molar-refractivity contribution in [3.63, 3.8) is 0 Å². The van der Waals surface area contributed by atoms with Gasteiger partial charge in [0, 0.05) is 33.8 Å². The Balaban J connectivity index is 1.74. The van der Waals surface area contributed by atoms with Crippen LogP contribution in [-0.2, 0) is 4.74 Å². The molecule has 0 aliphatic carbocycles. The molecule has 1 aliphatic heterocycles. The average molecular weight is 377 g/mol. The monoisotopic (exact) mass is 376 g/mol. The van der Waals surface area contributed by atoms with E-state index >= 15 is 0 Å². The average Bonchev–Trinajstić information content (AvgIpc) is 2.71. The minimum absolute atomic E-state index is 0.642. The van der Waals surface area contributed by atoms with Gasteiger partial charge >= 0.3 is 0 Å². The van der Waals surface area contributed by atoms with Crippen molar-refractivity contribution in [3.05, 3.63) is 30.3 Å². The van der Waals surface area contributed by atoms with Crippen LogP contribution in [0.25, 0.3) is 0 Å². The molecule has 1 aliphatic rings. The van der Waals surface area contributed by atoms with Crippen molar-refractivity contribution in [1.29, 1.82) is 0 Å². The van der Waals surface area contributed by atoms with E-state index in [4.69, 9.17) is 14.5 Å². The van der Waals surface area contributed by atoms with Gasteiger partial charge in [-0.25, -0.2) is 0 Å². The van der Waals surface area contributed by atoms with Crippen LogP contribution in [0.5, 0.6) is 5.75 Å². The summed E-state index contributed by atoms with van der Waals surface area (Å²) >= 11 is 0. The largest absolute Gasteiger partial charge is 0.492 e. The first-order chi connectivity index (χ1) is 13.2. The van der Waals surface area contributed by atoms with Gasteiger partial charge in [-0.15, -0.1) is 0 Å². The summed E-state index contributed by atoms with van der Waals surface area (Å²) in [7, 11) is 3.84. The lowest BCUT2D eigenvalue weighted by molar-refractivity contribution is 0.121. The lowest BCUT2D eigenvalue weighted by Gasteiger charge is -2.31. The smallest absolute Gasteiger partial charge is 0.193 e. The second-order valence-corrected chi connectivity index (χ2v) is 7.06. The molecule has 0 radical (unpaired) electrons. The first-order valence-corrected chi connectivity index (χ1v) is 10.1. The first kappa shape index (κ1) is 21.5. The fraction of sp³-hybridized carbons (Fsp3) is 0.667. The molecular weight excluding hydrogens is 340 g/mol. The molecule has 27 heavy (non-hydrogen) atoms. The fourth-order valence-corrected chi connectivity index (χ4v) is 3.22. The highest BCUT2D eigenvalue weighted by molar-refractivity contribution is 5.79. The summed E-state index contributed by atoms with van der Waals surface area (Å²) in [5, 5.41) is 3.40. The van der Waals surface area contributed by atoms with E-state index in [0.717, 1.165) is 57.6 Å². The molecule has 2 rings (SSSR count). The van der Waals surface area contributed by atoms with Gasteiger partial charge in [0.2, 0.25) is 0 Å². The van der Waals surface area contributed by atoms with Crippen molar-refractivity contribution in [2.45, 2.75) is 19.8 Å². The number of nitrogens with one attached hydrogen (secondary N) is 1. The standard InChI is InChI=1S/C21H36N4O2/c1-4-22-21(24(2)14-17-27-20-8-6-5-7-9-20)23-18-19-10-12-25(13-11-19)15-16-26-3/h5-9,19H,4,10-18H2,1-3H3,(H,22,23). The topological polar surface area (TPSA) is 49.3 Å². The Morgan fingerprint density at radius 3 is 2.63 bits per heavy atom. The number of rotatable bonds is 10.